The Balaban J connectivity index is 1.95. The molecule has 0 aliphatic heterocycles. The number of benzene rings is 1. The van der Waals surface area contributed by atoms with Crippen LogP contribution in [0.1, 0.15) is 12.0 Å². The minimum absolute atomic E-state index is 0.0800. The Kier molecular flexibility index (Phi) is 5.17. The van der Waals surface area contributed by atoms with Gasteiger partial charge in [-0.15, -0.1) is 0 Å². The van der Waals surface area contributed by atoms with Crippen LogP contribution in [0.2, 0.25) is 5.02 Å². The second-order valence-corrected chi connectivity index (χ2v) is 5.19. The van der Waals surface area contributed by atoms with Crippen LogP contribution in [0.15, 0.2) is 42.7 Å². The molecule has 2 aromatic rings. The zero-order valence-electron chi connectivity index (χ0n) is 12.1. The van der Waals surface area contributed by atoms with E-state index in [1.54, 1.807) is 25.3 Å². The summed E-state index contributed by atoms with van der Waals surface area (Å²) >= 11 is 5.93. The SMILES string of the molecule is COc1ccc(Cl)cc1NC(=O)CC[n+]1ccc(C)cc1. The lowest BCUT2D eigenvalue weighted by Crippen LogP contribution is -2.34. The van der Waals surface area contributed by atoms with Gasteiger partial charge in [0.1, 0.15) is 5.75 Å². The molecule has 0 saturated carbocycles. The van der Waals surface area contributed by atoms with Crippen molar-refractivity contribution < 1.29 is 14.1 Å². The molecule has 21 heavy (non-hydrogen) atoms. The molecule has 2 rings (SSSR count). The molecule has 1 amide bonds. The van der Waals surface area contributed by atoms with Gasteiger partial charge in [0, 0.05) is 17.2 Å². The van der Waals surface area contributed by atoms with E-state index >= 15 is 0 Å². The third kappa shape index (κ3) is 4.46. The number of halogens is 1. The first kappa shape index (κ1) is 15.3. The number of hydrogen-bond donors (Lipinski definition) is 1. The molecule has 1 aromatic carbocycles. The van der Waals surface area contributed by atoms with Gasteiger partial charge in [-0.3, -0.25) is 4.79 Å². The summed E-state index contributed by atoms with van der Waals surface area (Å²) in [6.45, 7) is 2.65. The number of aryl methyl sites for hydroxylation is 2. The Morgan fingerprint density at radius 2 is 2.00 bits per heavy atom. The Morgan fingerprint density at radius 3 is 2.67 bits per heavy atom. The number of amides is 1. The molecule has 0 aliphatic rings. The van der Waals surface area contributed by atoms with Gasteiger partial charge in [-0.25, -0.2) is 4.57 Å². The lowest BCUT2D eigenvalue weighted by Gasteiger charge is -2.09. The van der Waals surface area contributed by atoms with Crippen molar-refractivity contribution in [3.63, 3.8) is 0 Å². The number of ether oxygens (including phenoxy) is 1. The van der Waals surface area contributed by atoms with E-state index in [9.17, 15) is 4.79 Å². The summed E-state index contributed by atoms with van der Waals surface area (Å²) in [5, 5.41) is 3.38. The Morgan fingerprint density at radius 1 is 1.29 bits per heavy atom. The molecule has 0 aliphatic carbocycles. The molecule has 0 atom stereocenters. The molecular formula is C16H18ClN2O2+. The Bertz CT molecular complexity index is 627. The van der Waals surface area contributed by atoms with Crippen molar-refractivity contribution in [2.45, 2.75) is 19.9 Å². The van der Waals surface area contributed by atoms with Crippen LogP contribution in [-0.4, -0.2) is 13.0 Å². The predicted octanol–water partition coefficient (Wildman–Crippen LogP) is 2.97. The predicted molar refractivity (Wildman–Crippen MR) is 82.6 cm³/mol. The molecule has 0 saturated heterocycles. The fourth-order valence-electron chi connectivity index (χ4n) is 1.90. The molecule has 0 bridgehead atoms. The van der Waals surface area contributed by atoms with Gasteiger partial charge >= 0.3 is 0 Å². The van der Waals surface area contributed by atoms with Gasteiger partial charge in [-0.05, 0) is 30.7 Å². The maximum atomic E-state index is 12.0. The first-order valence-electron chi connectivity index (χ1n) is 6.67. The lowest BCUT2D eigenvalue weighted by molar-refractivity contribution is -0.695. The number of aromatic nitrogens is 1. The number of nitrogens with zero attached hydrogens (tertiary/aromatic N) is 1. The normalized spacial score (nSPS) is 10.2. The van der Waals surface area contributed by atoms with E-state index < -0.39 is 0 Å². The average molecular weight is 306 g/mol. The standard InChI is InChI=1S/C16H17ClN2O2/c1-12-5-8-19(9-6-12)10-7-16(20)18-14-11-13(17)3-4-15(14)21-2/h3-6,8-9,11H,7,10H2,1-2H3/p+1. The van der Waals surface area contributed by atoms with Crippen LogP contribution in [0.5, 0.6) is 5.75 Å². The molecule has 0 unspecified atom stereocenters. The van der Waals surface area contributed by atoms with Gasteiger partial charge < -0.3 is 10.1 Å². The minimum Gasteiger partial charge on any atom is -0.495 e. The smallest absolute Gasteiger partial charge is 0.230 e. The molecular weight excluding hydrogens is 288 g/mol. The van der Waals surface area contributed by atoms with Crippen molar-refractivity contribution in [1.82, 2.24) is 0 Å². The summed E-state index contributed by atoms with van der Waals surface area (Å²) in [4.78, 5) is 12.0. The number of carbonyl (C=O) groups excluding carboxylic acids is 1. The van der Waals surface area contributed by atoms with Crippen molar-refractivity contribution in [3.05, 3.63) is 53.3 Å². The first-order valence-corrected chi connectivity index (χ1v) is 7.05. The van der Waals surface area contributed by atoms with E-state index in [0.29, 0.717) is 29.4 Å². The van der Waals surface area contributed by atoms with E-state index in [4.69, 9.17) is 16.3 Å². The van der Waals surface area contributed by atoms with E-state index in [2.05, 4.69) is 5.32 Å². The van der Waals surface area contributed by atoms with E-state index in [-0.39, 0.29) is 5.91 Å². The molecule has 0 fully saturated rings. The summed E-state index contributed by atoms with van der Waals surface area (Å²) < 4.78 is 7.17. The number of methoxy groups -OCH3 is 1. The summed E-state index contributed by atoms with van der Waals surface area (Å²) in [6, 6.07) is 9.15. The van der Waals surface area contributed by atoms with Crippen molar-refractivity contribution in [1.29, 1.82) is 0 Å². The van der Waals surface area contributed by atoms with Gasteiger partial charge in [0.05, 0.1) is 19.2 Å². The monoisotopic (exact) mass is 305 g/mol. The van der Waals surface area contributed by atoms with Gasteiger partial charge in [0.25, 0.3) is 0 Å². The zero-order chi connectivity index (χ0) is 15.2. The molecule has 1 heterocycles. The van der Waals surface area contributed by atoms with Crippen LogP contribution in [0.25, 0.3) is 0 Å². The highest BCUT2D eigenvalue weighted by Crippen LogP contribution is 2.27. The number of carbonyl (C=O) groups is 1. The summed E-state index contributed by atoms with van der Waals surface area (Å²) in [6.07, 6.45) is 4.30. The largest absolute Gasteiger partial charge is 0.495 e. The van der Waals surface area contributed by atoms with Crippen LogP contribution in [0, 0.1) is 6.92 Å². The van der Waals surface area contributed by atoms with Crippen LogP contribution in [0.3, 0.4) is 0 Å². The second-order valence-electron chi connectivity index (χ2n) is 4.76. The lowest BCUT2D eigenvalue weighted by atomic mass is 10.2. The topological polar surface area (TPSA) is 42.2 Å². The molecule has 1 N–H and O–H groups in total. The van der Waals surface area contributed by atoms with E-state index in [0.717, 1.165) is 0 Å². The Hall–Kier alpha value is -2.07. The highest BCUT2D eigenvalue weighted by atomic mass is 35.5. The maximum Gasteiger partial charge on any atom is 0.230 e. The van der Waals surface area contributed by atoms with Crippen LogP contribution in [-0.2, 0) is 11.3 Å². The number of pyridine rings is 1. The van der Waals surface area contributed by atoms with Crippen molar-refractivity contribution in [3.8, 4) is 5.75 Å². The molecule has 110 valence electrons. The van der Waals surface area contributed by atoms with Crippen molar-refractivity contribution >= 4 is 23.2 Å². The summed E-state index contributed by atoms with van der Waals surface area (Å²) in [7, 11) is 1.56. The fourth-order valence-corrected chi connectivity index (χ4v) is 2.07. The number of hydrogen-bond acceptors (Lipinski definition) is 2. The summed E-state index contributed by atoms with van der Waals surface area (Å²) in [5.74, 6) is 0.513. The number of rotatable bonds is 5. The summed E-state index contributed by atoms with van der Waals surface area (Å²) in [5.41, 5.74) is 1.78. The Labute approximate surface area is 129 Å². The van der Waals surface area contributed by atoms with Gasteiger partial charge in [0.2, 0.25) is 5.91 Å². The van der Waals surface area contributed by atoms with Crippen molar-refractivity contribution in [2.75, 3.05) is 12.4 Å². The maximum absolute atomic E-state index is 12.0. The number of anilines is 1. The van der Waals surface area contributed by atoms with E-state index in [1.807, 2.05) is 36.0 Å². The quantitative estimate of drug-likeness (QED) is 0.863. The van der Waals surface area contributed by atoms with Gasteiger partial charge in [0.15, 0.2) is 18.9 Å². The van der Waals surface area contributed by atoms with Crippen LogP contribution >= 0.6 is 11.6 Å². The number of nitrogens with one attached hydrogen (secondary N) is 1. The molecule has 1 aromatic heterocycles. The van der Waals surface area contributed by atoms with Crippen molar-refractivity contribution in [2.24, 2.45) is 0 Å². The van der Waals surface area contributed by atoms with Crippen LogP contribution in [0.4, 0.5) is 5.69 Å². The second kappa shape index (κ2) is 7.09. The minimum atomic E-state index is -0.0800. The molecule has 4 nitrogen and oxygen atoms in total. The third-order valence-electron chi connectivity index (χ3n) is 3.09. The molecule has 0 spiro atoms. The zero-order valence-corrected chi connectivity index (χ0v) is 12.9. The first-order chi connectivity index (χ1) is 10.1. The molecule has 5 heteroatoms. The third-order valence-corrected chi connectivity index (χ3v) is 3.33. The van der Waals surface area contributed by atoms with Gasteiger partial charge in [-0.1, -0.05) is 11.6 Å². The highest BCUT2D eigenvalue weighted by molar-refractivity contribution is 6.31. The van der Waals surface area contributed by atoms with Gasteiger partial charge in [-0.2, -0.15) is 0 Å². The fraction of sp³-hybridized carbons (Fsp3) is 0.250. The molecule has 0 radical (unpaired) electrons. The average Bonchev–Trinajstić information content (AvgIpc) is 2.47. The highest BCUT2D eigenvalue weighted by Gasteiger charge is 2.10. The van der Waals surface area contributed by atoms with Crippen LogP contribution < -0.4 is 14.6 Å². The van der Waals surface area contributed by atoms with E-state index in [1.165, 1.54) is 5.56 Å².